The summed E-state index contributed by atoms with van der Waals surface area (Å²) >= 11 is 0. The maximum atomic E-state index is 13.7. The molecular formula is C20H11F6NO3. The number of rotatable bonds is 2. The molecule has 0 aromatic heterocycles. The monoisotopic (exact) mass is 427 g/mol. The first-order valence-corrected chi connectivity index (χ1v) is 8.45. The van der Waals surface area contributed by atoms with Gasteiger partial charge in [-0.1, -0.05) is 42.5 Å². The molecule has 0 aliphatic carbocycles. The van der Waals surface area contributed by atoms with Crippen LogP contribution in [0, 0.1) is 0 Å². The molecule has 0 saturated carbocycles. The SMILES string of the molecule is FC(F)(F)C(=NC1(C(F)(F)F)Oc2ccccc2O1)Oc1ccc2ccccc2c1. The molecule has 1 aliphatic rings. The second kappa shape index (κ2) is 6.82. The standard InChI is InChI=1S/C20H11F6NO3/c21-18(22,23)17(28-14-10-9-12-5-1-2-6-13(12)11-14)27-20(19(24,25)26)29-15-7-3-4-8-16(15)30-20/h1-11H. The van der Waals surface area contributed by atoms with E-state index >= 15 is 0 Å². The van der Waals surface area contributed by atoms with Crippen LogP contribution in [0.15, 0.2) is 71.7 Å². The number of alkyl halides is 6. The highest BCUT2D eigenvalue weighted by Crippen LogP contribution is 2.47. The Morgan fingerprint density at radius 1 is 0.767 bits per heavy atom. The molecule has 156 valence electrons. The van der Waals surface area contributed by atoms with E-state index in [-0.39, 0.29) is 5.75 Å². The number of halogens is 6. The quantitative estimate of drug-likeness (QED) is 0.292. The van der Waals surface area contributed by atoms with E-state index in [1.165, 1.54) is 30.3 Å². The fourth-order valence-corrected chi connectivity index (χ4v) is 2.78. The summed E-state index contributed by atoms with van der Waals surface area (Å²) in [5.41, 5.74) is 0. The predicted molar refractivity (Wildman–Crippen MR) is 94.6 cm³/mol. The van der Waals surface area contributed by atoms with E-state index in [9.17, 15) is 26.3 Å². The van der Waals surface area contributed by atoms with Crippen LogP contribution in [0.5, 0.6) is 17.2 Å². The van der Waals surface area contributed by atoms with Crippen LogP contribution in [0.25, 0.3) is 10.8 Å². The lowest BCUT2D eigenvalue weighted by Gasteiger charge is -2.26. The first-order valence-electron chi connectivity index (χ1n) is 8.45. The molecule has 3 aromatic carbocycles. The highest BCUT2D eigenvalue weighted by molar-refractivity contribution is 5.87. The zero-order chi connectivity index (χ0) is 21.6. The number of fused-ring (bicyclic) bond motifs is 2. The van der Waals surface area contributed by atoms with Gasteiger partial charge in [0.25, 0.3) is 0 Å². The summed E-state index contributed by atoms with van der Waals surface area (Å²) in [4.78, 5) is 2.74. The topological polar surface area (TPSA) is 40.0 Å². The number of hydrogen-bond donors (Lipinski definition) is 0. The summed E-state index contributed by atoms with van der Waals surface area (Å²) in [5.74, 6) is -7.24. The molecule has 0 spiro atoms. The summed E-state index contributed by atoms with van der Waals surface area (Å²) < 4.78 is 95.8. The predicted octanol–water partition coefficient (Wildman–Crippen LogP) is 5.87. The smallest absolute Gasteiger partial charge is 0.435 e. The van der Waals surface area contributed by atoms with Gasteiger partial charge in [-0.15, -0.1) is 0 Å². The van der Waals surface area contributed by atoms with Gasteiger partial charge in [-0.3, -0.25) is 0 Å². The second-order valence-corrected chi connectivity index (χ2v) is 6.26. The maximum Gasteiger partial charge on any atom is 0.494 e. The summed E-state index contributed by atoms with van der Waals surface area (Å²) in [7, 11) is 0. The lowest BCUT2D eigenvalue weighted by Crippen LogP contribution is -2.53. The van der Waals surface area contributed by atoms with Crippen LogP contribution in [-0.2, 0) is 0 Å². The van der Waals surface area contributed by atoms with E-state index in [0.717, 1.165) is 12.1 Å². The third-order valence-corrected chi connectivity index (χ3v) is 4.13. The average Bonchev–Trinajstić information content (AvgIpc) is 3.06. The maximum absolute atomic E-state index is 13.7. The molecule has 1 aliphatic heterocycles. The van der Waals surface area contributed by atoms with Crippen molar-refractivity contribution >= 4 is 16.7 Å². The van der Waals surface area contributed by atoms with E-state index in [1.54, 1.807) is 24.3 Å². The second-order valence-electron chi connectivity index (χ2n) is 6.26. The third-order valence-electron chi connectivity index (χ3n) is 4.13. The van der Waals surface area contributed by atoms with Gasteiger partial charge in [-0.25, -0.2) is 0 Å². The van der Waals surface area contributed by atoms with Gasteiger partial charge in [0.1, 0.15) is 5.75 Å². The minimum Gasteiger partial charge on any atom is -0.435 e. The molecule has 0 saturated heterocycles. The molecule has 3 aromatic rings. The molecule has 0 N–H and O–H groups in total. The molecule has 4 rings (SSSR count). The molecule has 1 heterocycles. The molecule has 4 nitrogen and oxygen atoms in total. The Kier molecular flexibility index (Phi) is 4.52. The van der Waals surface area contributed by atoms with Crippen LogP contribution in [0.3, 0.4) is 0 Å². The summed E-state index contributed by atoms with van der Waals surface area (Å²) in [6.07, 6.45) is -10.8. The molecule has 0 bridgehead atoms. The van der Waals surface area contributed by atoms with Crippen molar-refractivity contribution in [1.29, 1.82) is 0 Å². The van der Waals surface area contributed by atoms with Gasteiger partial charge in [-0.2, -0.15) is 31.3 Å². The molecule has 0 radical (unpaired) electrons. The van der Waals surface area contributed by atoms with Crippen molar-refractivity contribution in [3.8, 4) is 17.2 Å². The lowest BCUT2D eigenvalue weighted by atomic mass is 10.1. The Morgan fingerprint density at radius 3 is 1.90 bits per heavy atom. The number of ether oxygens (including phenoxy) is 3. The van der Waals surface area contributed by atoms with E-state index < -0.39 is 35.7 Å². The minimum atomic E-state index is -5.44. The van der Waals surface area contributed by atoms with Gasteiger partial charge in [0, 0.05) is 0 Å². The normalized spacial score (nSPS) is 16.0. The van der Waals surface area contributed by atoms with Gasteiger partial charge < -0.3 is 14.2 Å². The van der Waals surface area contributed by atoms with E-state index in [2.05, 4.69) is 14.5 Å². The highest BCUT2D eigenvalue weighted by atomic mass is 19.4. The highest BCUT2D eigenvalue weighted by Gasteiger charge is 2.66. The van der Waals surface area contributed by atoms with Crippen LogP contribution >= 0.6 is 0 Å². The minimum absolute atomic E-state index is 0.349. The number of hydrogen-bond acceptors (Lipinski definition) is 4. The Balaban J connectivity index is 1.76. The Bertz CT molecular complexity index is 1100. The molecule has 0 unspecified atom stereocenters. The van der Waals surface area contributed by atoms with Crippen molar-refractivity contribution in [3.63, 3.8) is 0 Å². The largest absolute Gasteiger partial charge is 0.494 e. The average molecular weight is 427 g/mol. The number of para-hydroxylation sites is 2. The fraction of sp³-hybridized carbons (Fsp3) is 0.150. The zero-order valence-corrected chi connectivity index (χ0v) is 14.8. The Hall–Kier alpha value is -3.43. The zero-order valence-electron chi connectivity index (χ0n) is 14.8. The van der Waals surface area contributed by atoms with Gasteiger partial charge in [0.2, 0.25) is 0 Å². The van der Waals surface area contributed by atoms with Crippen LogP contribution in [0.4, 0.5) is 26.3 Å². The van der Waals surface area contributed by atoms with Crippen molar-refractivity contribution in [2.24, 2.45) is 4.99 Å². The van der Waals surface area contributed by atoms with Crippen LogP contribution < -0.4 is 14.2 Å². The molecule has 30 heavy (non-hydrogen) atoms. The number of nitrogens with zero attached hydrogens (tertiary/aromatic N) is 1. The Morgan fingerprint density at radius 2 is 1.33 bits per heavy atom. The molecule has 0 atom stereocenters. The van der Waals surface area contributed by atoms with E-state index in [0.29, 0.717) is 10.8 Å². The molecule has 10 heteroatoms. The van der Waals surface area contributed by atoms with Gasteiger partial charge in [0.15, 0.2) is 11.5 Å². The summed E-state index contributed by atoms with van der Waals surface area (Å²) in [6.45, 7) is 0. The molecule has 0 fully saturated rings. The van der Waals surface area contributed by atoms with Crippen molar-refractivity contribution in [3.05, 3.63) is 66.7 Å². The van der Waals surface area contributed by atoms with E-state index in [1.807, 2.05) is 0 Å². The van der Waals surface area contributed by atoms with Crippen molar-refractivity contribution in [1.82, 2.24) is 0 Å². The van der Waals surface area contributed by atoms with Gasteiger partial charge in [-0.05, 0) is 35.0 Å². The van der Waals surface area contributed by atoms with Crippen LogP contribution in [0.1, 0.15) is 0 Å². The van der Waals surface area contributed by atoms with Crippen molar-refractivity contribution in [2.75, 3.05) is 0 Å². The van der Waals surface area contributed by atoms with Crippen LogP contribution in [0.2, 0.25) is 0 Å². The Labute approximate surface area is 165 Å². The summed E-state index contributed by atoms with van der Waals surface area (Å²) in [5, 5.41) is 1.24. The first kappa shape index (κ1) is 19.9. The van der Waals surface area contributed by atoms with E-state index in [4.69, 9.17) is 4.74 Å². The fourth-order valence-electron chi connectivity index (χ4n) is 2.78. The third kappa shape index (κ3) is 3.60. The molecular weight excluding hydrogens is 416 g/mol. The first-order chi connectivity index (χ1) is 14.1. The number of benzene rings is 3. The molecule has 0 amide bonds. The summed E-state index contributed by atoms with van der Waals surface area (Å²) in [6, 6.07) is 15.5. The van der Waals surface area contributed by atoms with Gasteiger partial charge in [0.05, 0.1) is 0 Å². The van der Waals surface area contributed by atoms with Crippen LogP contribution in [-0.4, -0.2) is 24.2 Å². The van der Waals surface area contributed by atoms with Gasteiger partial charge >= 0.3 is 24.2 Å². The van der Waals surface area contributed by atoms with Crippen molar-refractivity contribution < 1.29 is 40.6 Å². The van der Waals surface area contributed by atoms with Crippen molar-refractivity contribution in [2.45, 2.75) is 18.3 Å². The number of aliphatic imine (C=N–C) groups is 1. The lowest BCUT2D eigenvalue weighted by molar-refractivity contribution is -0.306.